The maximum atomic E-state index is 5.32. The van der Waals surface area contributed by atoms with Crippen molar-refractivity contribution in [3.63, 3.8) is 0 Å². The average Bonchev–Trinajstić information content (AvgIpc) is 2.83. The molecule has 0 amide bonds. The van der Waals surface area contributed by atoms with Gasteiger partial charge < -0.3 is 14.5 Å². The Hall–Kier alpha value is -0.450. The molecule has 1 saturated heterocycles. The molecule has 1 aromatic heterocycles. The number of ether oxygens (including phenoxy) is 1. The molecule has 0 aliphatic carbocycles. The SMILES string of the molecule is c1coc(CSCCNC2CCOCC2)c1. The van der Waals surface area contributed by atoms with Crippen molar-refractivity contribution in [2.75, 3.05) is 25.5 Å². The molecule has 2 heterocycles. The zero-order valence-corrected chi connectivity index (χ0v) is 10.3. The minimum Gasteiger partial charge on any atom is -0.468 e. The van der Waals surface area contributed by atoms with Crippen molar-refractivity contribution in [2.45, 2.75) is 24.6 Å². The third-order valence-corrected chi connectivity index (χ3v) is 3.71. The third-order valence-electron chi connectivity index (χ3n) is 2.73. The van der Waals surface area contributed by atoms with Crippen LogP contribution in [0.4, 0.5) is 0 Å². The number of hydrogen-bond donors (Lipinski definition) is 1. The van der Waals surface area contributed by atoms with Crippen molar-refractivity contribution >= 4 is 11.8 Å². The Bertz CT molecular complexity index is 271. The predicted octanol–water partition coefficient (Wildman–Crippen LogP) is 2.28. The van der Waals surface area contributed by atoms with E-state index in [0.29, 0.717) is 6.04 Å². The van der Waals surface area contributed by atoms with Crippen LogP contribution in [0, 0.1) is 0 Å². The Morgan fingerprint density at radius 1 is 1.38 bits per heavy atom. The van der Waals surface area contributed by atoms with Gasteiger partial charge in [-0.15, -0.1) is 0 Å². The lowest BCUT2D eigenvalue weighted by molar-refractivity contribution is 0.0786. The second kappa shape index (κ2) is 6.99. The topological polar surface area (TPSA) is 34.4 Å². The van der Waals surface area contributed by atoms with Gasteiger partial charge >= 0.3 is 0 Å². The molecular weight excluding hydrogens is 222 g/mol. The average molecular weight is 241 g/mol. The summed E-state index contributed by atoms with van der Waals surface area (Å²) in [5.41, 5.74) is 0. The molecule has 0 bridgehead atoms. The van der Waals surface area contributed by atoms with Crippen LogP contribution in [0.15, 0.2) is 22.8 Å². The van der Waals surface area contributed by atoms with Crippen molar-refractivity contribution in [3.05, 3.63) is 24.2 Å². The minimum atomic E-state index is 0.665. The summed E-state index contributed by atoms with van der Waals surface area (Å²) in [7, 11) is 0. The zero-order chi connectivity index (χ0) is 11.1. The van der Waals surface area contributed by atoms with E-state index in [9.17, 15) is 0 Å². The lowest BCUT2D eigenvalue weighted by Gasteiger charge is -2.23. The Balaban J connectivity index is 1.48. The summed E-state index contributed by atoms with van der Waals surface area (Å²) >= 11 is 1.91. The van der Waals surface area contributed by atoms with E-state index in [2.05, 4.69) is 5.32 Å². The fourth-order valence-electron chi connectivity index (χ4n) is 1.80. The lowest BCUT2D eigenvalue weighted by atomic mass is 10.1. The quantitative estimate of drug-likeness (QED) is 0.775. The van der Waals surface area contributed by atoms with Gasteiger partial charge in [-0.2, -0.15) is 11.8 Å². The first-order chi connectivity index (χ1) is 7.95. The Labute approximate surface area is 101 Å². The molecule has 0 radical (unpaired) electrons. The molecule has 1 aliphatic rings. The molecule has 0 spiro atoms. The second-order valence-corrected chi connectivity index (χ2v) is 5.08. The molecule has 1 aliphatic heterocycles. The van der Waals surface area contributed by atoms with Crippen molar-refractivity contribution in [3.8, 4) is 0 Å². The summed E-state index contributed by atoms with van der Waals surface area (Å²) in [5.74, 6) is 3.18. The van der Waals surface area contributed by atoms with Gasteiger partial charge in [-0.25, -0.2) is 0 Å². The monoisotopic (exact) mass is 241 g/mol. The van der Waals surface area contributed by atoms with Gasteiger partial charge in [0, 0.05) is 31.6 Å². The number of thioether (sulfide) groups is 1. The molecule has 1 N–H and O–H groups in total. The van der Waals surface area contributed by atoms with Gasteiger partial charge in [0.1, 0.15) is 5.76 Å². The first-order valence-electron chi connectivity index (χ1n) is 5.86. The maximum absolute atomic E-state index is 5.32. The largest absolute Gasteiger partial charge is 0.468 e. The molecule has 0 unspecified atom stereocenters. The Morgan fingerprint density at radius 3 is 3.00 bits per heavy atom. The van der Waals surface area contributed by atoms with Crippen molar-refractivity contribution in [1.29, 1.82) is 0 Å². The fraction of sp³-hybridized carbons (Fsp3) is 0.667. The number of nitrogens with one attached hydrogen (secondary N) is 1. The van der Waals surface area contributed by atoms with Crippen LogP contribution in [-0.2, 0) is 10.5 Å². The van der Waals surface area contributed by atoms with E-state index in [1.54, 1.807) is 6.26 Å². The van der Waals surface area contributed by atoms with Crippen LogP contribution in [0.5, 0.6) is 0 Å². The van der Waals surface area contributed by atoms with Crippen molar-refractivity contribution < 1.29 is 9.15 Å². The fourth-order valence-corrected chi connectivity index (χ4v) is 2.58. The van der Waals surface area contributed by atoms with Crippen molar-refractivity contribution in [2.24, 2.45) is 0 Å². The lowest BCUT2D eigenvalue weighted by Crippen LogP contribution is -2.36. The molecule has 0 atom stereocenters. The van der Waals surface area contributed by atoms with Crippen LogP contribution in [-0.4, -0.2) is 31.6 Å². The number of furan rings is 1. The van der Waals surface area contributed by atoms with Gasteiger partial charge in [-0.1, -0.05) is 0 Å². The van der Waals surface area contributed by atoms with E-state index in [-0.39, 0.29) is 0 Å². The highest BCUT2D eigenvalue weighted by molar-refractivity contribution is 7.98. The predicted molar refractivity (Wildman–Crippen MR) is 66.7 cm³/mol. The van der Waals surface area contributed by atoms with E-state index in [1.165, 1.54) is 0 Å². The number of rotatable bonds is 6. The summed E-state index contributed by atoms with van der Waals surface area (Å²) in [5, 5.41) is 3.57. The van der Waals surface area contributed by atoms with E-state index >= 15 is 0 Å². The van der Waals surface area contributed by atoms with Crippen LogP contribution >= 0.6 is 11.8 Å². The molecule has 3 nitrogen and oxygen atoms in total. The first-order valence-corrected chi connectivity index (χ1v) is 7.02. The molecular formula is C12H19NO2S. The molecule has 90 valence electrons. The molecule has 1 fully saturated rings. The molecule has 0 saturated carbocycles. The van der Waals surface area contributed by atoms with Gasteiger partial charge in [0.05, 0.1) is 12.0 Å². The smallest absolute Gasteiger partial charge is 0.113 e. The Morgan fingerprint density at radius 2 is 2.25 bits per heavy atom. The minimum absolute atomic E-state index is 0.665. The van der Waals surface area contributed by atoms with E-state index in [1.807, 2.05) is 23.9 Å². The van der Waals surface area contributed by atoms with Gasteiger partial charge in [0.25, 0.3) is 0 Å². The normalized spacial score (nSPS) is 17.8. The summed E-state index contributed by atoms with van der Waals surface area (Å²) in [4.78, 5) is 0. The second-order valence-electron chi connectivity index (χ2n) is 3.97. The first kappa shape index (κ1) is 12.0. The van der Waals surface area contributed by atoms with E-state index < -0.39 is 0 Å². The molecule has 16 heavy (non-hydrogen) atoms. The van der Waals surface area contributed by atoms with Crippen LogP contribution < -0.4 is 5.32 Å². The molecule has 1 aromatic rings. The summed E-state index contributed by atoms with van der Waals surface area (Å²) in [6.07, 6.45) is 4.04. The highest BCUT2D eigenvalue weighted by Gasteiger charge is 2.11. The van der Waals surface area contributed by atoms with Crippen molar-refractivity contribution in [1.82, 2.24) is 5.32 Å². The van der Waals surface area contributed by atoms with E-state index in [4.69, 9.17) is 9.15 Å². The summed E-state index contributed by atoms with van der Waals surface area (Å²) in [6.45, 7) is 2.91. The van der Waals surface area contributed by atoms with Gasteiger partial charge in [-0.05, 0) is 25.0 Å². The summed E-state index contributed by atoms with van der Waals surface area (Å²) in [6, 6.07) is 4.63. The van der Waals surface area contributed by atoms with Gasteiger partial charge in [-0.3, -0.25) is 0 Å². The Kier molecular flexibility index (Phi) is 5.25. The molecule has 2 rings (SSSR count). The van der Waals surface area contributed by atoms with Crippen LogP contribution in [0.2, 0.25) is 0 Å². The number of hydrogen-bond acceptors (Lipinski definition) is 4. The zero-order valence-electron chi connectivity index (χ0n) is 9.48. The summed E-state index contributed by atoms with van der Waals surface area (Å²) < 4.78 is 10.6. The highest BCUT2D eigenvalue weighted by atomic mass is 32.2. The van der Waals surface area contributed by atoms with Gasteiger partial charge in [0.2, 0.25) is 0 Å². The molecule has 4 heteroatoms. The van der Waals surface area contributed by atoms with Gasteiger partial charge in [0.15, 0.2) is 0 Å². The standard InChI is InChI=1S/C12H19NO2S/c1-2-12(15-6-1)10-16-9-5-13-11-3-7-14-8-4-11/h1-2,6,11,13H,3-5,7-10H2. The highest BCUT2D eigenvalue weighted by Crippen LogP contribution is 2.12. The third kappa shape index (κ3) is 4.20. The van der Waals surface area contributed by atoms with Crippen LogP contribution in [0.25, 0.3) is 0 Å². The molecule has 0 aromatic carbocycles. The van der Waals surface area contributed by atoms with E-state index in [0.717, 1.165) is 49.9 Å². The van der Waals surface area contributed by atoms with Crippen LogP contribution in [0.3, 0.4) is 0 Å². The maximum Gasteiger partial charge on any atom is 0.113 e. The van der Waals surface area contributed by atoms with Crippen LogP contribution in [0.1, 0.15) is 18.6 Å².